The summed E-state index contributed by atoms with van der Waals surface area (Å²) in [5.74, 6) is 0.708. The Morgan fingerprint density at radius 3 is 2.52 bits per heavy atom. The average molecular weight is 285 g/mol. The SMILES string of the molecule is Cc1cc(=O)n(-c2cccc(N3CCOCC3)c2)c(C)n1. The summed E-state index contributed by atoms with van der Waals surface area (Å²) in [7, 11) is 0. The number of hydrogen-bond donors (Lipinski definition) is 0. The zero-order chi connectivity index (χ0) is 14.8. The summed E-state index contributed by atoms with van der Waals surface area (Å²) in [5, 5.41) is 0. The highest BCUT2D eigenvalue weighted by Gasteiger charge is 2.13. The molecule has 0 saturated carbocycles. The van der Waals surface area contributed by atoms with Gasteiger partial charge < -0.3 is 9.64 Å². The van der Waals surface area contributed by atoms with Crippen LogP contribution < -0.4 is 10.5 Å². The molecule has 0 aliphatic carbocycles. The second kappa shape index (κ2) is 5.69. The van der Waals surface area contributed by atoms with Crippen LogP contribution in [0.2, 0.25) is 0 Å². The Hall–Kier alpha value is -2.14. The van der Waals surface area contributed by atoms with Crippen molar-refractivity contribution in [3.8, 4) is 5.69 Å². The van der Waals surface area contributed by atoms with E-state index >= 15 is 0 Å². The molecular weight excluding hydrogens is 266 g/mol. The largest absolute Gasteiger partial charge is 0.378 e. The van der Waals surface area contributed by atoms with Crippen molar-refractivity contribution in [2.24, 2.45) is 0 Å². The van der Waals surface area contributed by atoms with Crippen LogP contribution in [0.25, 0.3) is 5.69 Å². The molecule has 0 amide bonds. The molecule has 0 bridgehead atoms. The van der Waals surface area contributed by atoms with Crippen molar-refractivity contribution >= 4 is 5.69 Å². The number of benzene rings is 1. The molecule has 1 aliphatic rings. The van der Waals surface area contributed by atoms with E-state index in [1.807, 2.05) is 32.0 Å². The molecule has 5 nitrogen and oxygen atoms in total. The molecule has 5 heteroatoms. The first-order valence-electron chi connectivity index (χ1n) is 7.15. The molecule has 2 heterocycles. The molecule has 21 heavy (non-hydrogen) atoms. The molecule has 0 atom stereocenters. The van der Waals surface area contributed by atoms with Crippen LogP contribution in [-0.4, -0.2) is 35.9 Å². The van der Waals surface area contributed by atoms with Gasteiger partial charge in [-0.25, -0.2) is 4.98 Å². The first kappa shape index (κ1) is 13.8. The molecule has 0 spiro atoms. The molecule has 1 aromatic carbocycles. The predicted octanol–water partition coefficient (Wildman–Crippen LogP) is 1.69. The lowest BCUT2D eigenvalue weighted by molar-refractivity contribution is 0.122. The van der Waals surface area contributed by atoms with Crippen LogP contribution in [0.3, 0.4) is 0 Å². The maximum atomic E-state index is 12.2. The molecule has 1 saturated heterocycles. The summed E-state index contributed by atoms with van der Waals surface area (Å²) in [6, 6.07) is 9.59. The average Bonchev–Trinajstić information content (AvgIpc) is 2.47. The fourth-order valence-corrected chi connectivity index (χ4v) is 2.70. The highest BCUT2D eigenvalue weighted by Crippen LogP contribution is 2.19. The van der Waals surface area contributed by atoms with E-state index in [0.29, 0.717) is 5.82 Å². The smallest absolute Gasteiger partial charge is 0.258 e. The van der Waals surface area contributed by atoms with E-state index in [0.717, 1.165) is 43.4 Å². The fourth-order valence-electron chi connectivity index (χ4n) is 2.70. The number of ether oxygens (including phenoxy) is 1. The zero-order valence-corrected chi connectivity index (χ0v) is 12.4. The van der Waals surface area contributed by atoms with E-state index in [9.17, 15) is 4.79 Å². The van der Waals surface area contributed by atoms with Gasteiger partial charge in [0.1, 0.15) is 5.82 Å². The quantitative estimate of drug-likeness (QED) is 0.842. The van der Waals surface area contributed by atoms with Crippen molar-refractivity contribution in [1.29, 1.82) is 0 Å². The van der Waals surface area contributed by atoms with E-state index in [4.69, 9.17) is 4.74 Å². The highest BCUT2D eigenvalue weighted by atomic mass is 16.5. The fraction of sp³-hybridized carbons (Fsp3) is 0.375. The third-order valence-electron chi connectivity index (χ3n) is 3.68. The van der Waals surface area contributed by atoms with E-state index in [1.165, 1.54) is 0 Å². The van der Waals surface area contributed by atoms with Crippen LogP contribution in [-0.2, 0) is 4.74 Å². The minimum atomic E-state index is -0.0425. The van der Waals surface area contributed by atoms with Gasteiger partial charge in [0, 0.05) is 30.5 Å². The predicted molar refractivity (Wildman–Crippen MR) is 82.3 cm³/mol. The maximum Gasteiger partial charge on any atom is 0.258 e. The minimum Gasteiger partial charge on any atom is -0.378 e. The van der Waals surface area contributed by atoms with Crippen LogP contribution in [0.5, 0.6) is 0 Å². The van der Waals surface area contributed by atoms with Gasteiger partial charge >= 0.3 is 0 Å². The molecule has 1 fully saturated rings. The van der Waals surface area contributed by atoms with E-state index in [2.05, 4.69) is 16.0 Å². The molecular formula is C16H19N3O2. The third kappa shape index (κ3) is 2.83. The lowest BCUT2D eigenvalue weighted by Gasteiger charge is -2.29. The number of hydrogen-bond acceptors (Lipinski definition) is 4. The zero-order valence-electron chi connectivity index (χ0n) is 12.4. The van der Waals surface area contributed by atoms with Crippen molar-refractivity contribution in [3.05, 3.63) is 52.2 Å². The van der Waals surface area contributed by atoms with Crippen LogP contribution in [0, 0.1) is 13.8 Å². The number of aromatic nitrogens is 2. The molecule has 0 N–H and O–H groups in total. The van der Waals surface area contributed by atoms with E-state index in [-0.39, 0.29) is 5.56 Å². The van der Waals surface area contributed by atoms with Gasteiger partial charge in [-0.1, -0.05) is 6.07 Å². The third-order valence-corrected chi connectivity index (χ3v) is 3.68. The van der Waals surface area contributed by atoms with Crippen molar-refractivity contribution in [2.45, 2.75) is 13.8 Å². The van der Waals surface area contributed by atoms with Crippen LogP contribution >= 0.6 is 0 Å². The van der Waals surface area contributed by atoms with Gasteiger partial charge in [0.25, 0.3) is 5.56 Å². The van der Waals surface area contributed by atoms with Gasteiger partial charge in [0.2, 0.25) is 0 Å². The van der Waals surface area contributed by atoms with Crippen LogP contribution in [0.4, 0.5) is 5.69 Å². The summed E-state index contributed by atoms with van der Waals surface area (Å²) < 4.78 is 7.03. The van der Waals surface area contributed by atoms with Crippen molar-refractivity contribution in [1.82, 2.24) is 9.55 Å². The molecule has 0 unspecified atom stereocenters. The number of rotatable bonds is 2. The molecule has 110 valence electrons. The van der Waals surface area contributed by atoms with Crippen molar-refractivity contribution in [2.75, 3.05) is 31.2 Å². The molecule has 1 aromatic heterocycles. The Labute approximate surface area is 123 Å². The van der Waals surface area contributed by atoms with Crippen molar-refractivity contribution < 1.29 is 4.74 Å². The number of aryl methyl sites for hydroxylation is 2. The Morgan fingerprint density at radius 2 is 1.81 bits per heavy atom. The van der Waals surface area contributed by atoms with Crippen LogP contribution in [0.1, 0.15) is 11.5 Å². The topological polar surface area (TPSA) is 47.4 Å². The Morgan fingerprint density at radius 1 is 1.10 bits per heavy atom. The summed E-state index contributed by atoms with van der Waals surface area (Å²) in [6.45, 7) is 6.94. The standard InChI is InChI=1S/C16H19N3O2/c1-12-10-16(20)19(13(2)17-12)15-5-3-4-14(11-15)18-6-8-21-9-7-18/h3-5,10-11H,6-9H2,1-2H3. The van der Waals surface area contributed by atoms with Gasteiger partial charge in [0.05, 0.1) is 18.9 Å². The van der Waals surface area contributed by atoms with E-state index < -0.39 is 0 Å². The summed E-state index contributed by atoms with van der Waals surface area (Å²) in [6.07, 6.45) is 0. The van der Waals surface area contributed by atoms with Gasteiger partial charge in [-0.05, 0) is 32.0 Å². The second-order valence-corrected chi connectivity index (χ2v) is 5.24. The second-order valence-electron chi connectivity index (χ2n) is 5.24. The van der Waals surface area contributed by atoms with Crippen LogP contribution in [0.15, 0.2) is 35.1 Å². The van der Waals surface area contributed by atoms with Gasteiger partial charge in [0.15, 0.2) is 0 Å². The first-order valence-corrected chi connectivity index (χ1v) is 7.15. The highest BCUT2D eigenvalue weighted by molar-refractivity contribution is 5.53. The van der Waals surface area contributed by atoms with Gasteiger partial charge in [-0.3, -0.25) is 9.36 Å². The van der Waals surface area contributed by atoms with Crippen molar-refractivity contribution in [3.63, 3.8) is 0 Å². The summed E-state index contributed by atoms with van der Waals surface area (Å²) >= 11 is 0. The van der Waals surface area contributed by atoms with E-state index in [1.54, 1.807) is 10.6 Å². The molecule has 3 rings (SSSR count). The monoisotopic (exact) mass is 285 g/mol. The van der Waals surface area contributed by atoms with Gasteiger partial charge in [-0.2, -0.15) is 0 Å². The minimum absolute atomic E-state index is 0.0425. The Kier molecular flexibility index (Phi) is 3.75. The Bertz CT molecular complexity index is 703. The first-order chi connectivity index (χ1) is 10.1. The normalized spacial score (nSPS) is 15.2. The number of nitrogens with zero attached hydrogens (tertiary/aromatic N) is 3. The van der Waals surface area contributed by atoms with Gasteiger partial charge in [-0.15, -0.1) is 0 Å². The lowest BCUT2D eigenvalue weighted by Crippen LogP contribution is -2.36. The Balaban J connectivity index is 2.02. The summed E-state index contributed by atoms with van der Waals surface area (Å²) in [5.41, 5.74) is 2.67. The maximum absolute atomic E-state index is 12.2. The number of morpholine rings is 1. The molecule has 0 radical (unpaired) electrons. The molecule has 2 aromatic rings. The molecule has 1 aliphatic heterocycles. The lowest BCUT2D eigenvalue weighted by atomic mass is 10.2. The number of anilines is 1. The summed E-state index contributed by atoms with van der Waals surface area (Å²) in [4.78, 5) is 18.9.